The van der Waals surface area contributed by atoms with Gasteiger partial charge in [0.1, 0.15) is 0 Å². The van der Waals surface area contributed by atoms with Crippen LogP contribution in [-0.4, -0.2) is 11.5 Å². The predicted octanol–water partition coefficient (Wildman–Crippen LogP) is 3.84. The van der Waals surface area contributed by atoms with Gasteiger partial charge in [-0.15, -0.1) is 11.3 Å². The Balaban J connectivity index is 2.25. The maximum Gasteiger partial charge on any atom is 0.0656 e. The van der Waals surface area contributed by atoms with E-state index >= 15 is 0 Å². The van der Waals surface area contributed by atoms with E-state index in [9.17, 15) is 0 Å². The number of thiophene rings is 1. The summed E-state index contributed by atoms with van der Waals surface area (Å²) in [7, 11) is 0. The van der Waals surface area contributed by atoms with Gasteiger partial charge in [-0.3, -0.25) is 4.98 Å². The highest BCUT2D eigenvalue weighted by Gasteiger charge is 2.14. The summed E-state index contributed by atoms with van der Waals surface area (Å²) in [4.78, 5) is 4.21. The Hall–Kier alpha value is -0.460. The summed E-state index contributed by atoms with van der Waals surface area (Å²) in [5, 5.41) is 5.80. The first-order valence-electron chi connectivity index (χ1n) is 5.68. The van der Waals surface area contributed by atoms with Crippen molar-refractivity contribution in [3.63, 3.8) is 0 Å². The second-order valence-electron chi connectivity index (χ2n) is 3.86. The van der Waals surface area contributed by atoms with Crippen LogP contribution in [0.2, 0.25) is 0 Å². The third-order valence-corrected chi connectivity index (χ3v) is 4.34. The van der Waals surface area contributed by atoms with E-state index in [1.165, 1.54) is 14.0 Å². The molecule has 2 nitrogen and oxygen atoms in total. The highest BCUT2D eigenvalue weighted by Crippen LogP contribution is 2.26. The third kappa shape index (κ3) is 3.50. The van der Waals surface area contributed by atoms with E-state index in [1.807, 2.05) is 18.5 Å². The maximum absolute atomic E-state index is 4.21. The first-order chi connectivity index (χ1) is 8.31. The summed E-state index contributed by atoms with van der Waals surface area (Å²) in [6.07, 6.45) is 4.90. The first-order valence-corrected chi connectivity index (χ1v) is 7.64. The molecule has 0 bridgehead atoms. The third-order valence-electron chi connectivity index (χ3n) is 2.54. The minimum Gasteiger partial charge on any atom is -0.306 e. The van der Waals surface area contributed by atoms with Gasteiger partial charge >= 0.3 is 0 Å². The summed E-state index contributed by atoms with van der Waals surface area (Å²) in [6.45, 7) is 3.21. The van der Waals surface area contributed by atoms with E-state index in [2.05, 4.69) is 57.3 Å². The van der Waals surface area contributed by atoms with E-state index in [0.717, 1.165) is 13.0 Å². The zero-order valence-electron chi connectivity index (χ0n) is 9.69. The minimum atomic E-state index is 0.267. The number of hydrogen-bond acceptors (Lipinski definition) is 3. The first kappa shape index (κ1) is 13.0. The number of aromatic nitrogens is 1. The zero-order valence-corrected chi connectivity index (χ0v) is 12.7. The Morgan fingerprint density at radius 1 is 1.47 bits per heavy atom. The van der Waals surface area contributed by atoms with Crippen molar-refractivity contribution in [1.82, 2.24) is 10.3 Å². The predicted molar refractivity (Wildman–Crippen MR) is 81.4 cm³/mol. The van der Waals surface area contributed by atoms with Gasteiger partial charge in [0.15, 0.2) is 0 Å². The molecule has 0 saturated carbocycles. The van der Waals surface area contributed by atoms with E-state index in [4.69, 9.17) is 0 Å². The van der Waals surface area contributed by atoms with Crippen LogP contribution < -0.4 is 5.32 Å². The van der Waals surface area contributed by atoms with Crippen molar-refractivity contribution in [2.45, 2.75) is 19.4 Å². The number of halogens is 1. The second kappa shape index (κ2) is 6.47. The molecule has 0 radical (unpaired) electrons. The molecule has 1 N–H and O–H groups in total. The molecular formula is C13H15IN2S. The molecule has 4 heteroatoms. The van der Waals surface area contributed by atoms with Crippen molar-refractivity contribution < 1.29 is 0 Å². The zero-order chi connectivity index (χ0) is 12.1. The van der Waals surface area contributed by atoms with Gasteiger partial charge in [0.2, 0.25) is 0 Å². The molecule has 0 aromatic carbocycles. The SMILES string of the molecule is CCCNC(c1cccnc1)c1csc(I)c1. The number of rotatable bonds is 5. The molecule has 2 aromatic rings. The molecule has 0 amide bonds. The minimum absolute atomic E-state index is 0.267. The molecule has 1 atom stereocenters. The lowest BCUT2D eigenvalue weighted by Gasteiger charge is -2.17. The molecular weight excluding hydrogens is 343 g/mol. The molecule has 2 rings (SSSR count). The smallest absolute Gasteiger partial charge is 0.0656 e. The number of hydrogen-bond donors (Lipinski definition) is 1. The fourth-order valence-corrected chi connectivity index (χ4v) is 3.14. The Kier molecular flexibility index (Phi) is 4.94. The number of nitrogens with zero attached hydrogens (tertiary/aromatic N) is 1. The lowest BCUT2D eigenvalue weighted by molar-refractivity contribution is 0.598. The van der Waals surface area contributed by atoms with Crippen LogP contribution in [0.15, 0.2) is 36.0 Å². The van der Waals surface area contributed by atoms with Gasteiger partial charge < -0.3 is 5.32 Å². The highest BCUT2D eigenvalue weighted by atomic mass is 127. The standard InChI is InChI=1S/C13H15IN2S/c1-2-5-16-13(10-4-3-6-15-8-10)11-7-12(14)17-9-11/h3-4,6-9,13,16H,2,5H2,1H3. The highest BCUT2D eigenvalue weighted by molar-refractivity contribution is 14.1. The molecule has 90 valence electrons. The molecule has 0 spiro atoms. The molecule has 0 aliphatic carbocycles. The molecule has 2 heterocycles. The molecule has 17 heavy (non-hydrogen) atoms. The van der Waals surface area contributed by atoms with E-state index in [-0.39, 0.29) is 6.04 Å². The Labute approximate surface area is 120 Å². The molecule has 0 aliphatic heterocycles. The molecule has 2 aromatic heterocycles. The monoisotopic (exact) mass is 358 g/mol. The van der Waals surface area contributed by atoms with Crippen LogP contribution in [0.5, 0.6) is 0 Å². The van der Waals surface area contributed by atoms with Crippen molar-refractivity contribution >= 4 is 33.9 Å². The average Bonchev–Trinajstić information content (AvgIpc) is 2.78. The molecule has 0 fully saturated rings. The average molecular weight is 358 g/mol. The summed E-state index contributed by atoms with van der Waals surface area (Å²) >= 11 is 4.15. The summed E-state index contributed by atoms with van der Waals surface area (Å²) in [5.41, 5.74) is 2.57. The van der Waals surface area contributed by atoms with Crippen LogP contribution in [0.4, 0.5) is 0 Å². The Bertz CT molecular complexity index is 455. The molecule has 1 unspecified atom stereocenters. The van der Waals surface area contributed by atoms with E-state index in [0.29, 0.717) is 0 Å². The van der Waals surface area contributed by atoms with Gasteiger partial charge in [0.05, 0.1) is 8.93 Å². The van der Waals surface area contributed by atoms with Crippen LogP contribution in [0.25, 0.3) is 0 Å². The van der Waals surface area contributed by atoms with Crippen molar-refractivity contribution in [3.05, 3.63) is 50.0 Å². The quantitative estimate of drug-likeness (QED) is 0.822. The lowest BCUT2D eigenvalue weighted by Crippen LogP contribution is -2.22. The van der Waals surface area contributed by atoms with Crippen LogP contribution >= 0.6 is 33.9 Å². The lowest BCUT2D eigenvalue weighted by atomic mass is 10.0. The summed E-state index contributed by atoms with van der Waals surface area (Å²) in [6, 6.07) is 6.63. The summed E-state index contributed by atoms with van der Waals surface area (Å²) in [5.74, 6) is 0. The van der Waals surface area contributed by atoms with Crippen LogP contribution in [0.1, 0.15) is 30.5 Å². The molecule has 0 aliphatic rings. The Morgan fingerprint density at radius 3 is 2.94 bits per heavy atom. The van der Waals surface area contributed by atoms with Gasteiger partial charge in [0, 0.05) is 12.4 Å². The van der Waals surface area contributed by atoms with Crippen molar-refractivity contribution in [2.24, 2.45) is 0 Å². The molecule has 0 saturated heterocycles. The van der Waals surface area contributed by atoms with E-state index in [1.54, 1.807) is 11.3 Å². The van der Waals surface area contributed by atoms with Gasteiger partial charge in [-0.2, -0.15) is 0 Å². The number of pyridine rings is 1. The van der Waals surface area contributed by atoms with Crippen LogP contribution in [0, 0.1) is 2.88 Å². The summed E-state index contributed by atoms with van der Waals surface area (Å²) < 4.78 is 1.32. The van der Waals surface area contributed by atoms with Gasteiger partial charge in [-0.25, -0.2) is 0 Å². The van der Waals surface area contributed by atoms with Crippen molar-refractivity contribution in [1.29, 1.82) is 0 Å². The number of nitrogens with one attached hydrogen (secondary N) is 1. The van der Waals surface area contributed by atoms with E-state index < -0.39 is 0 Å². The van der Waals surface area contributed by atoms with Crippen molar-refractivity contribution in [3.8, 4) is 0 Å². The maximum atomic E-state index is 4.21. The topological polar surface area (TPSA) is 24.9 Å². The fraction of sp³-hybridized carbons (Fsp3) is 0.308. The van der Waals surface area contributed by atoms with Crippen LogP contribution in [0.3, 0.4) is 0 Å². The second-order valence-corrected chi connectivity index (χ2v) is 6.66. The largest absolute Gasteiger partial charge is 0.306 e. The van der Waals surface area contributed by atoms with Gasteiger partial charge in [-0.1, -0.05) is 13.0 Å². The van der Waals surface area contributed by atoms with Crippen LogP contribution in [-0.2, 0) is 0 Å². The van der Waals surface area contributed by atoms with Gasteiger partial charge in [0.25, 0.3) is 0 Å². The van der Waals surface area contributed by atoms with Gasteiger partial charge in [-0.05, 0) is 64.2 Å². The fourth-order valence-electron chi connectivity index (χ4n) is 1.74. The Morgan fingerprint density at radius 2 is 2.35 bits per heavy atom. The normalized spacial score (nSPS) is 12.6. The van der Waals surface area contributed by atoms with Crippen molar-refractivity contribution in [2.75, 3.05) is 6.54 Å².